The van der Waals surface area contributed by atoms with E-state index >= 15 is 0 Å². The highest BCUT2D eigenvalue weighted by Gasteiger charge is 2.40. The lowest BCUT2D eigenvalue weighted by molar-refractivity contribution is -0.151. The second-order valence-corrected chi connectivity index (χ2v) is 8.70. The van der Waals surface area contributed by atoms with Crippen molar-refractivity contribution in [3.63, 3.8) is 0 Å². The number of ether oxygens (including phenoxy) is 4. The molecule has 2 aliphatic rings. The van der Waals surface area contributed by atoms with Crippen LogP contribution in [0.25, 0.3) is 0 Å². The molecule has 34 heavy (non-hydrogen) atoms. The number of methoxy groups -OCH3 is 1. The van der Waals surface area contributed by atoms with Crippen molar-refractivity contribution in [3.05, 3.63) is 17.8 Å². The van der Waals surface area contributed by atoms with Crippen LogP contribution in [-0.4, -0.2) is 75.3 Å². The van der Waals surface area contributed by atoms with Crippen LogP contribution in [0.1, 0.15) is 53.3 Å². The van der Waals surface area contributed by atoms with Gasteiger partial charge in [-0.15, -0.1) is 0 Å². The lowest BCUT2D eigenvalue weighted by Gasteiger charge is -2.40. The summed E-state index contributed by atoms with van der Waals surface area (Å²) in [6.45, 7) is 3.94. The zero-order valence-electron chi connectivity index (χ0n) is 22.3. The van der Waals surface area contributed by atoms with Crippen molar-refractivity contribution in [2.45, 2.75) is 51.7 Å². The van der Waals surface area contributed by atoms with E-state index in [0.717, 1.165) is 12.1 Å². The first-order valence-electron chi connectivity index (χ1n) is 12.8. The Morgan fingerprint density at radius 1 is 1.24 bits per heavy atom. The molecular weight excluding hydrogens is 445 g/mol. The summed E-state index contributed by atoms with van der Waals surface area (Å²) < 4.78 is 47.8. The van der Waals surface area contributed by atoms with E-state index in [9.17, 15) is 14.0 Å². The predicted octanol–water partition coefficient (Wildman–Crippen LogP) is 2.73. The molecule has 1 amide bonds. The van der Waals surface area contributed by atoms with Gasteiger partial charge in [-0.3, -0.25) is 4.79 Å². The van der Waals surface area contributed by atoms with Gasteiger partial charge in [0.2, 0.25) is 5.88 Å². The number of rotatable bonds is 14. The smallest absolute Gasteiger partial charge is 0.331 e. The first-order valence-corrected chi connectivity index (χ1v) is 11.8. The highest BCUT2D eigenvalue weighted by molar-refractivity contribution is 5.97. The molecule has 1 aliphatic carbocycles. The van der Waals surface area contributed by atoms with Gasteiger partial charge >= 0.3 is 5.97 Å². The molecule has 1 aromatic rings. The Labute approximate surface area is 203 Å². The Balaban J connectivity index is 1.73. The number of aromatic nitrogens is 1. The van der Waals surface area contributed by atoms with Crippen LogP contribution in [0.3, 0.4) is 0 Å². The zero-order valence-corrected chi connectivity index (χ0v) is 20.3. The third-order valence-electron chi connectivity index (χ3n) is 6.68. The van der Waals surface area contributed by atoms with E-state index in [4.69, 9.17) is 17.0 Å². The van der Waals surface area contributed by atoms with Crippen molar-refractivity contribution in [3.8, 4) is 5.88 Å². The fourth-order valence-corrected chi connectivity index (χ4v) is 4.05. The number of nitrogens with one attached hydrogen (secondary N) is 1. The third kappa shape index (κ3) is 5.96. The maximum absolute atomic E-state index is 13.1. The van der Waals surface area contributed by atoms with Crippen molar-refractivity contribution in [1.82, 2.24) is 10.3 Å². The average molecular weight is 484 g/mol. The Morgan fingerprint density at radius 2 is 1.94 bits per heavy atom. The number of carbonyl (C=O) groups excluding carboxylic acids is 2. The van der Waals surface area contributed by atoms with E-state index in [-0.39, 0.29) is 49.3 Å². The number of hydrogen-bond acceptors (Lipinski definition) is 8. The van der Waals surface area contributed by atoms with Gasteiger partial charge in [0.15, 0.2) is 6.81 Å². The Morgan fingerprint density at radius 3 is 2.56 bits per heavy atom. The lowest BCUT2D eigenvalue weighted by atomic mass is 9.92. The number of esters is 1. The topological polar surface area (TPSA) is 99.2 Å². The van der Waals surface area contributed by atoms with Crippen LogP contribution in [0.5, 0.6) is 5.88 Å². The molecule has 10 heteroatoms. The zero-order chi connectivity index (χ0) is 26.5. The first kappa shape index (κ1) is 23.3. The summed E-state index contributed by atoms with van der Waals surface area (Å²) in [5, 5.41) is 2.81. The van der Waals surface area contributed by atoms with Crippen LogP contribution in [0, 0.1) is 11.8 Å². The molecule has 1 saturated heterocycles. The fourth-order valence-electron chi connectivity index (χ4n) is 4.05. The highest BCUT2D eigenvalue weighted by atomic mass is 19.1. The van der Waals surface area contributed by atoms with Crippen LogP contribution < -0.4 is 15.0 Å². The van der Waals surface area contributed by atoms with E-state index in [2.05, 4.69) is 15.0 Å². The number of pyridine rings is 1. The van der Waals surface area contributed by atoms with Gasteiger partial charge in [-0.25, -0.2) is 14.2 Å². The molecule has 2 heterocycles. The Bertz CT molecular complexity index is 922. The molecule has 1 saturated carbocycles. The molecule has 0 aromatic carbocycles. The monoisotopic (exact) mass is 483 g/mol. The predicted molar refractivity (Wildman–Crippen MR) is 124 cm³/mol. The van der Waals surface area contributed by atoms with Crippen molar-refractivity contribution in [2.75, 3.05) is 51.7 Å². The molecule has 1 aromatic heterocycles. The number of nitrogens with zero attached hydrogens (tertiary/aromatic N) is 2. The van der Waals surface area contributed by atoms with Crippen molar-refractivity contribution in [1.29, 1.82) is 0 Å². The molecule has 1 aliphatic heterocycles. The molecule has 0 radical (unpaired) electrons. The van der Waals surface area contributed by atoms with Crippen LogP contribution in [-0.2, 0) is 19.0 Å². The van der Waals surface area contributed by atoms with E-state index in [1.807, 2.05) is 18.7 Å². The van der Waals surface area contributed by atoms with Crippen LogP contribution in [0.15, 0.2) is 12.1 Å². The first-order chi connectivity index (χ1) is 17.1. The number of amides is 1. The molecule has 9 nitrogen and oxygen atoms in total. The average Bonchev–Trinajstić information content (AvgIpc) is 3.58. The molecule has 0 spiro atoms. The van der Waals surface area contributed by atoms with E-state index < -0.39 is 24.2 Å². The number of carbonyl (C=O) groups is 2. The van der Waals surface area contributed by atoms with E-state index in [0.29, 0.717) is 25.9 Å². The Kier molecular flexibility index (Phi) is 8.08. The lowest BCUT2D eigenvalue weighted by Crippen LogP contribution is -2.54. The summed E-state index contributed by atoms with van der Waals surface area (Å²) in [6, 6.07) is 3.36. The van der Waals surface area contributed by atoms with Gasteiger partial charge in [0.05, 0.1) is 28.7 Å². The maximum Gasteiger partial charge on any atom is 0.331 e. The van der Waals surface area contributed by atoms with Gasteiger partial charge in [0, 0.05) is 20.2 Å². The quantitative estimate of drug-likeness (QED) is 0.403. The van der Waals surface area contributed by atoms with Crippen LogP contribution in [0.4, 0.5) is 10.1 Å². The summed E-state index contributed by atoms with van der Waals surface area (Å²) >= 11 is 0. The van der Waals surface area contributed by atoms with Gasteiger partial charge in [-0.1, -0.05) is 13.8 Å². The molecule has 0 bridgehead atoms. The minimum absolute atomic E-state index is 0.00746. The standard InChI is InChI=1S/C24H36FN3O6/c1-5-24(6-2,23(30)33-7-3)27-21(29)19-8-9-20(28-11-18(12-28)31-4)22(26-19)34-14-17-10-16(17)13-32-15-25/h8-9,16-18H,5-7,10-15H2,1-4H3,(H,27,29)/t16-,17-/m1/s1/i15D2. The SMILES string of the molecule is [2H]C([2H])(F)OC[C@H]1C[C@@H]1COc1nc(C(=O)NC(CC)(CC)C(=O)OCC)ccc1N1CC(OC)C1. The van der Waals surface area contributed by atoms with Crippen LogP contribution in [0.2, 0.25) is 0 Å². The number of hydrogen-bond donors (Lipinski definition) is 1. The van der Waals surface area contributed by atoms with Crippen molar-refractivity contribution < 1.29 is 35.7 Å². The van der Waals surface area contributed by atoms with E-state index in [1.54, 1.807) is 26.2 Å². The van der Waals surface area contributed by atoms with Gasteiger partial charge in [0.1, 0.15) is 16.9 Å². The second kappa shape index (κ2) is 11.8. The highest BCUT2D eigenvalue weighted by Crippen LogP contribution is 2.40. The minimum atomic E-state index is -3.16. The fraction of sp³-hybridized carbons (Fsp3) is 0.708. The van der Waals surface area contributed by atoms with Gasteiger partial charge in [0.25, 0.3) is 5.91 Å². The molecule has 3 rings (SSSR count). The van der Waals surface area contributed by atoms with Gasteiger partial charge in [-0.2, -0.15) is 0 Å². The Hall–Kier alpha value is -2.46. The normalized spacial score (nSPS) is 21.3. The molecule has 1 N–H and O–H groups in total. The molecule has 0 unspecified atom stereocenters. The van der Waals surface area contributed by atoms with Crippen LogP contribution >= 0.6 is 0 Å². The summed E-state index contributed by atoms with van der Waals surface area (Å²) in [7, 11) is 1.65. The van der Waals surface area contributed by atoms with Gasteiger partial charge in [-0.05, 0) is 50.2 Å². The second-order valence-electron chi connectivity index (χ2n) is 8.70. The number of alkyl halides is 1. The summed E-state index contributed by atoms with van der Waals surface area (Å²) in [5.41, 5.74) is -0.328. The van der Waals surface area contributed by atoms with Crippen molar-refractivity contribution in [2.24, 2.45) is 11.8 Å². The molecule has 2 fully saturated rings. The summed E-state index contributed by atoms with van der Waals surface area (Å²) in [6.07, 6.45) is 1.55. The minimum Gasteiger partial charge on any atom is -0.476 e. The van der Waals surface area contributed by atoms with E-state index in [1.165, 1.54) is 0 Å². The van der Waals surface area contributed by atoms with Gasteiger partial charge < -0.3 is 29.2 Å². The summed E-state index contributed by atoms with van der Waals surface area (Å²) in [5.74, 6) is -0.655. The molecular formula is C24H36FN3O6. The number of anilines is 1. The largest absolute Gasteiger partial charge is 0.476 e. The maximum atomic E-state index is 13.1. The summed E-state index contributed by atoms with van der Waals surface area (Å²) in [4.78, 5) is 32.2. The molecule has 2 atom stereocenters. The molecule has 190 valence electrons. The third-order valence-corrected chi connectivity index (χ3v) is 6.68. The van der Waals surface area contributed by atoms with Crippen molar-refractivity contribution >= 4 is 17.6 Å². The number of halogens is 1.